The predicted octanol–water partition coefficient (Wildman–Crippen LogP) is 4.55. The molecular weight excluding hydrogens is 324 g/mol. The van der Waals surface area contributed by atoms with Crippen LogP contribution in [-0.2, 0) is 4.74 Å². The SMILES string of the molecule is COc1c(C)cc(Nc2cc(N3CCOCC3)ccc2Cl)cc1C. The molecular formula is C19H23ClN2O2. The third-order valence-corrected chi connectivity index (χ3v) is 4.60. The highest BCUT2D eigenvalue weighted by Crippen LogP contribution is 2.33. The Morgan fingerprint density at radius 3 is 2.38 bits per heavy atom. The van der Waals surface area contributed by atoms with E-state index in [-0.39, 0.29) is 0 Å². The molecule has 2 aromatic rings. The Morgan fingerprint density at radius 1 is 1.08 bits per heavy atom. The van der Waals surface area contributed by atoms with Gasteiger partial charge in [0.05, 0.1) is 31.0 Å². The van der Waals surface area contributed by atoms with Gasteiger partial charge in [0, 0.05) is 24.5 Å². The molecule has 1 saturated heterocycles. The zero-order chi connectivity index (χ0) is 17.1. The standard InChI is InChI=1S/C19H23ClN2O2/c1-13-10-15(11-14(2)19(13)23-3)21-18-12-16(4-5-17(18)20)22-6-8-24-9-7-22/h4-5,10-12,21H,6-9H2,1-3H3. The summed E-state index contributed by atoms with van der Waals surface area (Å²) >= 11 is 6.39. The van der Waals surface area contributed by atoms with E-state index >= 15 is 0 Å². The van der Waals surface area contributed by atoms with Crippen molar-refractivity contribution in [3.63, 3.8) is 0 Å². The number of benzene rings is 2. The number of methoxy groups -OCH3 is 1. The van der Waals surface area contributed by atoms with E-state index < -0.39 is 0 Å². The number of ether oxygens (including phenoxy) is 2. The van der Waals surface area contributed by atoms with Crippen molar-refractivity contribution in [1.82, 2.24) is 0 Å². The third-order valence-electron chi connectivity index (χ3n) is 4.27. The second-order valence-electron chi connectivity index (χ2n) is 6.03. The van der Waals surface area contributed by atoms with Crippen LogP contribution in [0.1, 0.15) is 11.1 Å². The van der Waals surface area contributed by atoms with Gasteiger partial charge in [-0.2, -0.15) is 0 Å². The lowest BCUT2D eigenvalue weighted by atomic mass is 10.1. The van der Waals surface area contributed by atoms with Crippen molar-refractivity contribution in [1.29, 1.82) is 0 Å². The minimum atomic E-state index is 0.707. The third kappa shape index (κ3) is 3.60. The number of rotatable bonds is 4. The summed E-state index contributed by atoms with van der Waals surface area (Å²) in [6.07, 6.45) is 0. The van der Waals surface area contributed by atoms with Gasteiger partial charge in [-0.25, -0.2) is 0 Å². The fourth-order valence-electron chi connectivity index (χ4n) is 3.13. The largest absolute Gasteiger partial charge is 0.496 e. The average molecular weight is 347 g/mol. The quantitative estimate of drug-likeness (QED) is 0.880. The van der Waals surface area contributed by atoms with E-state index in [0.29, 0.717) is 5.02 Å². The maximum absolute atomic E-state index is 6.39. The van der Waals surface area contributed by atoms with E-state index in [4.69, 9.17) is 21.1 Å². The van der Waals surface area contributed by atoms with Crippen molar-refractivity contribution in [2.24, 2.45) is 0 Å². The molecule has 1 aliphatic heterocycles. The van der Waals surface area contributed by atoms with Crippen LogP contribution < -0.4 is 15.0 Å². The second-order valence-corrected chi connectivity index (χ2v) is 6.44. The molecule has 0 aromatic heterocycles. The van der Waals surface area contributed by atoms with Gasteiger partial charge in [0.15, 0.2) is 0 Å². The first-order chi connectivity index (χ1) is 11.6. The van der Waals surface area contributed by atoms with Crippen LogP contribution >= 0.6 is 11.6 Å². The van der Waals surface area contributed by atoms with Crippen molar-refractivity contribution in [2.45, 2.75) is 13.8 Å². The maximum Gasteiger partial charge on any atom is 0.124 e. The average Bonchev–Trinajstić information content (AvgIpc) is 2.57. The van der Waals surface area contributed by atoms with Gasteiger partial charge >= 0.3 is 0 Å². The Hall–Kier alpha value is -1.91. The topological polar surface area (TPSA) is 33.7 Å². The zero-order valence-corrected chi connectivity index (χ0v) is 15.1. The Kier molecular flexibility index (Phi) is 5.17. The molecule has 0 bridgehead atoms. The van der Waals surface area contributed by atoms with Gasteiger partial charge in [0.2, 0.25) is 0 Å². The van der Waals surface area contributed by atoms with Crippen LogP contribution in [0.5, 0.6) is 5.75 Å². The first kappa shape index (κ1) is 16.9. The first-order valence-corrected chi connectivity index (χ1v) is 8.51. The fraction of sp³-hybridized carbons (Fsp3) is 0.368. The molecule has 24 heavy (non-hydrogen) atoms. The van der Waals surface area contributed by atoms with E-state index in [1.54, 1.807) is 7.11 Å². The van der Waals surface area contributed by atoms with Crippen LogP contribution in [0.15, 0.2) is 30.3 Å². The molecule has 0 amide bonds. The number of halogens is 1. The van der Waals surface area contributed by atoms with Crippen LogP contribution in [0, 0.1) is 13.8 Å². The van der Waals surface area contributed by atoms with Gasteiger partial charge in [0.25, 0.3) is 0 Å². The molecule has 5 heteroatoms. The molecule has 1 heterocycles. The summed E-state index contributed by atoms with van der Waals surface area (Å²) in [5, 5.41) is 4.15. The van der Waals surface area contributed by atoms with Crippen LogP contribution in [0.3, 0.4) is 0 Å². The lowest BCUT2D eigenvalue weighted by Crippen LogP contribution is -2.36. The number of hydrogen-bond acceptors (Lipinski definition) is 4. The molecule has 128 valence electrons. The minimum Gasteiger partial charge on any atom is -0.496 e. The summed E-state index contributed by atoms with van der Waals surface area (Å²) < 4.78 is 10.9. The van der Waals surface area contributed by atoms with E-state index in [0.717, 1.165) is 60.2 Å². The fourth-order valence-corrected chi connectivity index (χ4v) is 3.29. The Labute approximate surface area is 148 Å². The summed E-state index contributed by atoms with van der Waals surface area (Å²) in [5.74, 6) is 0.925. The Balaban J connectivity index is 1.86. The number of morpholine rings is 1. The van der Waals surface area contributed by atoms with Gasteiger partial charge in [-0.3, -0.25) is 0 Å². The molecule has 0 radical (unpaired) electrons. The first-order valence-electron chi connectivity index (χ1n) is 8.13. The van der Waals surface area contributed by atoms with Crippen molar-refractivity contribution in [3.8, 4) is 5.75 Å². The highest BCUT2D eigenvalue weighted by atomic mass is 35.5. The molecule has 1 aliphatic rings. The summed E-state index contributed by atoms with van der Waals surface area (Å²) in [4.78, 5) is 2.32. The van der Waals surface area contributed by atoms with Crippen LogP contribution in [0.25, 0.3) is 0 Å². The summed E-state index contributed by atoms with van der Waals surface area (Å²) in [5.41, 5.74) is 5.27. The van der Waals surface area contributed by atoms with Gasteiger partial charge in [-0.15, -0.1) is 0 Å². The summed E-state index contributed by atoms with van der Waals surface area (Å²) in [7, 11) is 1.70. The normalized spacial score (nSPS) is 14.6. The number of hydrogen-bond donors (Lipinski definition) is 1. The van der Waals surface area contributed by atoms with Crippen molar-refractivity contribution >= 4 is 28.7 Å². The maximum atomic E-state index is 6.39. The molecule has 4 nitrogen and oxygen atoms in total. The number of anilines is 3. The van der Waals surface area contributed by atoms with Gasteiger partial charge in [-0.05, 0) is 55.3 Å². The highest BCUT2D eigenvalue weighted by Gasteiger charge is 2.13. The van der Waals surface area contributed by atoms with E-state index in [9.17, 15) is 0 Å². The van der Waals surface area contributed by atoms with Crippen LogP contribution in [0.2, 0.25) is 5.02 Å². The molecule has 1 fully saturated rings. The molecule has 1 N–H and O–H groups in total. The second kappa shape index (κ2) is 7.32. The molecule has 0 unspecified atom stereocenters. The lowest BCUT2D eigenvalue weighted by molar-refractivity contribution is 0.122. The minimum absolute atomic E-state index is 0.707. The Bertz CT molecular complexity index is 704. The summed E-state index contributed by atoms with van der Waals surface area (Å²) in [6, 6.07) is 10.2. The molecule has 0 saturated carbocycles. The molecule has 0 atom stereocenters. The lowest BCUT2D eigenvalue weighted by Gasteiger charge is -2.29. The zero-order valence-electron chi connectivity index (χ0n) is 14.4. The monoisotopic (exact) mass is 346 g/mol. The van der Waals surface area contributed by atoms with Crippen LogP contribution in [-0.4, -0.2) is 33.4 Å². The van der Waals surface area contributed by atoms with Crippen molar-refractivity contribution in [3.05, 3.63) is 46.5 Å². The van der Waals surface area contributed by atoms with E-state index in [2.05, 4.69) is 34.5 Å². The van der Waals surface area contributed by atoms with E-state index in [1.165, 1.54) is 0 Å². The molecule has 2 aromatic carbocycles. The molecule has 3 rings (SSSR count). The van der Waals surface area contributed by atoms with Gasteiger partial charge < -0.3 is 19.7 Å². The number of nitrogens with zero attached hydrogens (tertiary/aromatic N) is 1. The van der Waals surface area contributed by atoms with E-state index in [1.807, 2.05) is 19.9 Å². The van der Waals surface area contributed by atoms with Gasteiger partial charge in [-0.1, -0.05) is 11.6 Å². The van der Waals surface area contributed by atoms with Crippen molar-refractivity contribution in [2.75, 3.05) is 43.6 Å². The number of nitrogens with one attached hydrogen (secondary N) is 1. The number of aryl methyl sites for hydroxylation is 2. The smallest absolute Gasteiger partial charge is 0.124 e. The molecule has 0 aliphatic carbocycles. The predicted molar refractivity (Wildman–Crippen MR) is 100 cm³/mol. The van der Waals surface area contributed by atoms with Crippen molar-refractivity contribution < 1.29 is 9.47 Å². The highest BCUT2D eigenvalue weighted by molar-refractivity contribution is 6.33. The molecule has 0 spiro atoms. The summed E-state index contributed by atoms with van der Waals surface area (Å²) in [6.45, 7) is 7.43. The Morgan fingerprint density at radius 2 is 1.75 bits per heavy atom. The van der Waals surface area contributed by atoms with Gasteiger partial charge in [0.1, 0.15) is 5.75 Å². The van der Waals surface area contributed by atoms with Crippen LogP contribution in [0.4, 0.5) is 17.1 Å².